The number of fused-ring (bicyclic) bond motifs is 1. The number of nitrogens with zero attached hydrogens (tertiary/aromatic N) is 4. The second kappa shape index (κ2) is 6.62. The largest absolute Gasteiger partial charge is 0.379 e. The highest BCUT2D eigenvalue weighted by atomic mass is 16.5. The molecule has 6 heteroatoms. The highest BCUT2D eigenvalue weighted by Gasteiger charge is 2.17. The SMILES string of the molecule is CC(C)c1cc(NCC(C)N2CCOCC2)n2nccc2n1. The van der Waals surface area contributed by atoms with E-state index in [0.717, 1.165) is 50.0 Å². The molecule has 0 spiro atoms. The van der Waals surface area contributed by atoms with Gasteiger partial charge in [-0.1, -0.05) is 13.8 Å². The van der Waals surface area contributed by atoms with Crippen molar-refractivity contribution in [1.29, 1.82) is 0 Å². The summed E-state index contributed by atoms with van der Waals surface area (Å²) in [5.41, 5.74) is 1.99. The Balaban J connectivity index is 1.73. The molecule has 1 atom stereocenters. The van der Waals surface area contributed by atoms with Crippen LogP contribution >= 0.6 is 0 Å². The molecule has 1 unspecified atom stereocenters. The number of aromatic nitrogens is 3. The van der Waals surface area contributed by atoms with Gasteiger partial charge < -0.3 is 10.1 Å². The highest BCUT2D eigenvalue weighted by Crippen LogP contribution is 2.19. The molecule has 120 valence electrons. The van der Waals surface area contributed by atoms with Crippen molar-refractivity contribution in [2.45, 2.75) is 32.7 Å². The topological polar surface area (TPSA) is 54.7 Å². The summed E-state index contributed by atoms with van der Waals surface area (Å²) < 4.78 is 7.29. The summed E-state index contributed by atoms with van der Waals surface area (Å²) in [7, 11) is 0. The molecule has 0 aromatic carbocycles. The number of ether oxygens (including phenoxy) is 1. The summed E-state index contributed by atoms with van der Waals surface area (Å²) in [4.78, 5) is 7.11. The molecular formula is C16H25N5O. The maximum absolute atomic E-state index is 5.42. The summed E-state index contributed by atoms with van der Waals surface area (Å²) in [5.74, 6) is 1.41. The van der Waals surface area contributed by atoms with Gasteiger partial charge in [0, 0.05) is 43.5 Å². The smallest absolute Gasteiger partial charge is 0.157 e. The molecular weight excluding hydrogens is 278 g/mol. The molecule has 1 fully saturated rings. The van der Waals surface area contributed by atoms with Crippen LogP contribution in [0.4, 0.5) is 5.82 Å². The summed E-state index contributed by atoms with van der Waals surface area (Å²) in [5, 5.41) is 7.91. The molecule has 22 heavy (non-hydrogen) atoms. The number of nitrogens with one attached hydrogen (secondary N) is 1. The van der Waals surface area contributed by atoms with Crippen LogP contribution in [0.3, 0.4) is 0 Å². The number of hydrogen-bond donors (Lipinski definition) is 1. The van der Waals surface area contributed by atoms with E-state index in [1.165, 1.54) is 0 Å². The average molecular weight is 303 g/mol. The second-order valence-corrected chi connectivity index (χ2v) is 6.20. The molecule has 0 aliphatic carbocycles. The minimum atomic E-state index is 0.400. The van der Waals surface area contributed by atoms with Crippen LogP contribution < -0.4 is 5.32 Å². The van der Waals surface area contributed by atoms with Crippen molar-refractivity contribution in [2.75, 3.05) is 38.2 Å². The summed E-state index contributed by atoms with van der Waals surface area (Å²) in [6, 6.07) is 4.52. The molecule has 1 N–H and O–H groups in total. The van der Waals surface area contributed by atoms with E-state index < -0.39 is 0 Å². The van der Waals surface area contributed by atoms with E-state index in [2.05, 4.69) is 47.1 Å². The summed E-state index contributed by atoms with van der Waals surface area (Å²) >= 11 is 0. The lowest BCUT2D eigenvalue weighted by Gasteiger charge is -2.32. The van der Waals surface area contributed by atoms with Crippen LogP contribution in [0, 0.1) is 0 Å². The fraction of sp³-hybridized carbons (Fsp3) is 0.625. The number of hydrogen-bond acceptors (Lipinski definition) is 5. The zero-order valence-electron chi connectivity index (χ0n) is 13.6. The van der Waals surface area contributed by atoms with Crippen LogP contribution in [0.15, 0.2) is 18.3 Å². The van der Waals surface area contributed by atoms with E-state index in [9.17, 15) is 0 Å². The Labute approximate surface area is 131 Å². The third-order valence-corrected chi connectivity index (χ3v) is 4.22. The Hall–Kier alpha value is -1.66. The molecule has 0 radical (unpaired) electrons. The zero-order chi connectivity index (χ0) is 15.5. The van der Waals surface area contributed by atoms with Crippen molar-refractivity contribution in [1.82, 2.24) is 19.5 Å². The molecule has 2 aromatic rings. The lowest BCUT2D eigenvalue weighted by atomic mass is 10.1. The van der Waals surface area contributed by atoms with Gasteiger partial charge in [0.2, 0.25) is 0 Å². The van der Waals surface area contributed by atoms with Gasteiger partial charge in [-0.3, -0.25) is 4.90 Å². The minimum Gasteiger partial charge on any atom is -0.379 e. The van der Waals surface area contributed by atoms with Gasteiger partial charge >= 0.3 is 0 Å². The molecule has 1 aliphatic rings. The van der Waals surface area contributed by atoms with Gasteiger partial charge in [0.05, 0.1) is 19.4 Å². The predicted molar refractivity (Wildman–Crippen MR) is 87.4 cm³/mol. The van der Waals surface area contributed by atoms with Gasteiger partial charge in [-0.25, -0.2) is 4.98 Å². The first kappa shape index (κ1) is 15.2. The maximum atomic E-state index is 5.42. The fourth-order valence-electron chi connectivity index (χ4n) is 2.75. The average Bonchev–Trinajstić information content (AvgIpc) is 3.01. The number of morpholine rings is 1. The molecule has 6 nitrogen and oxygen atoms in total. The Kier molecular flexibility index (Phi) is 4.59. The molecule has 0 amide bonds. The third kappa shape index (κ3) is 3.23. The Morgan fingerprint density at radius 2 is 2.05 bits per heavy atom. The molecule has 1 aliphatic heterocycles. The molecule has 0 saturated carbocycles. The van der Waals surface area contributed by atoms with Gasteiger partial charge in [-0.15, -0.1) is 0 Å². The van der Waals surface area contributed by atoms with Gasteiger partial charge in [0.15, 0.2) is 5.65 Å². The second-order valence-electron chi connectivity index (χ2n) is 6.20. The van der Waals surface area contributed by atoms with Gasteiger partial charge in [0.1, 0.15) is 5.82 Å². The van der Waals surface area contributed by atoms with Crippen molar-refractivity contribution in [2.24, 2.45) is 0 Å². The van der Waals surface area contributed by atoms with E-state index in [-0.39, 0.29) is 0 Å². The van der Waals surface area contributed by atoms with Crippen LogP contribution in [0.25, 0.3) is 5.65 Å². The number of anilines is 1. The summed E-state index contributed by atoms with van der Waals surface area (Å²) in [6.45, 7) is 11.1. The zero-order valence-corrected chi connectivity index (χ0v) is 13.6. The lowest BCUT2D eigenvalue weighted by Crippen LogP contribution is -2.45. The summed E-state index contributed by atoms with van der Waals surface area (Å²) in [6.07, 6.45) is 1.79. The lowest BCUT2D eigenvalue weighted by molar-refractivity contribution is 0.0227. The number of rotatable bonds is 5. The normalized spacial score (nSPS) is 18.0. The first-order valence-electron chi connectivity index (χ1n) is 8.05. The quantitative estimate of drug-likeness (QED) is 0.915. The minimum absolute atomic E-state index is 0.400. The van der Waals surface area contributed by atoms with Crippen LogP contribution in [0.5, 0.6) is 0 Å². The fourth-order valence-corrected chi connectivity index (χ4v) is 2.75. The van der Waals surface area contributed by atoms with Crippen molar-refractivity contribution < 1.29 is 4.74 Å². The van der Waals surface area contributed by atoms with Gasteiger partial charge in [0.25, 0.3) is 0 Å². The molecule has 1 saturated heterocycles. The predicted octanol–water partition coefficient (Wildman–Crippen LogP) is 1.99. The van der Waals surface area contributed by atoms with Gasteiger partial charge in [-0.05, 0) is 12.8 Å². The molecule has 3 heterocycles. The van der Waals surface area contributed by atoms with Crippen molar-refractivity contribution in [3.63, 3.8) is 0 Å². The molecule has 0 bridgehead atoms. The van der Waals surface area contributed by atoms with E-state index in [1.54, 1.807) is 6.20 Å². The Morgan fingerprint density at radius 3 is 2.77 bits per heavy atom. The first-order valence-corrected chi connectivity index (χ1v) is 8.05. The van der Waals surface area contributed by atoms with E-state index in [1.807, 2.05) is 10.6 Å². The van der Waals surface area contributed by atoms with E-state index >= 15 is 0 Å². The van der Waals surface area contributed by atoms with Crippen molar-refractivity contribution >= 4 is 11.5 Å². The molecule has 2 aromatic heterocycles. The Bertz CT molecular complexity index is 618. The van der Waals surface area contributed by atoms with Crippen LogP contribution in [0.2, 0.25) is 0 Å². The van der Waals surface area contributed by atoms with E-state index in [0.29, 0.717) is 12.0 Å². The van der Waals surface area contributed by atoms with Crippen molar-refractivity contribution in [3.8, 4) is 0 Å². The third-order valence-electron chi connectivity index (χ3n) is 4.22. The monoisotopic (exact) mass is 303 g/mol. The van der Waals surface area contributed by atoms with E-state index in [4.69, 9.17) is 4.74 Å². The van der Waals surface area contributed by atoms with Gasteiger partial charge in [-0.2, -0.15) is 9.61 Å². The van der Waals surface area contributed by atoms with Crippen molar-refractivity contribution in [3.05, 3.63) is 24.0 Å². The van der Waals surface area contributed by atoms with Crippen LogP contribution in [0.1, 0.15) is 32.4 Å². The first-order chi connectivity index (χ1) is 10.6. The molecule has 3 rings (SSSR count). The van der Waals surface area contributed by atoms with Crippen LogP contribution in [-0.2, 0) is 4.74 Å². The Morgan fingerprint density at radius 1 is 1.27 bits per heavy atom. The standard InChI is InChI=1S/C16H25N5O/c1-12(2)14-10-16(21-15(19-14)4-5-18-21)17-11-13(3)20-6-8-22-9-7-20/h4-5,10,12-13,17H,6-9,11H2,1-3H3. The maximum Gasteiger partial charge on any atom is 0.157 e. The highest BCUT2D eigenvalue weighted by molar-refractivity contribution is 5.49. The van der Waals surface area contributed by atoms with Crippen LogP contribution in [-0.4, -0.2) is 58.4 Å².